The monoisotopic (exact) mass is 291 g/mol. The predicted octanol–water partition coefficient (Wildman–Crippen LogP) is 3.50. The molecule has 2 heterocycles. The van der Waals surface area contributed by atoms with E-state index in [4.69, 9.17) is 0 Å². The molecule has 2 aromatic rings. The summed E-state index contributed by atoms with van der Waals surface area (Å²) < 4.78 is 1.92. The van der Waals surface area contributed by atoms with Crippen LogP contribution in [0.15, 0.2) is 23.0 Å². The van der Waals surface area contributed by atoms with Crippen molar-refractivity contribution in [3.63, 3.8) is 0 Å². The summed E-state index contributed by atoms with van der Waals surface area (Å²) in [7, 11) is 1.99. The van der Waals surface area contributed by atoms with Crippen molar-refractivity contribution in [3.05, 3.63) is 39.8 Å². The Bertz CT molecular complexity index is 535. The first-order valence-electron chi connectivity index (χ1n) is 7.13. The molecule has 0 aliphatic carbocycles. The van der Waals surface area contributed by atoms with Gasteiger partial charge in [0.15, 0.2) is 0 Å². The Morgan fingerprint density at radius 1 is 1.40 bits per heavy atom. The summed E-state index contributed by atoms with van der Waals surface area (Å²) in [5.74, 6) is 0. The van der Waals surface area contributed by atoms with Crippen molar-refractivity contribution < 1.29 is 0 Å². The van der Waals surface area contributed by atoms with E-state index in [-0.39, 0.29) is 5.41 Å². The molecule has 3 nitrogen and oxygen atoms in total. The molecule has 1 atom stereocenters. The lowest BCUT2D eigenvalue weighted by Crippen LogP contribution is -2.28. The van der Waals surface area contributed by atoms with Crippen LogP contribution in [-0.4, -0.2) is 15.8 Å². The fourth-order valence-corrected chi connectivity index (χ4v) is 3.10. The fourth-order valence-electron chi connectivity index (χ4n) is 2.42. The van der Waals surface area contributed by atoms with E-state index in [9.17, 15) is 0 Å². The van der Waals surface area contributed by atoms with Crippen LogP contribution in [0.25, 0.3) is 0 Å². The van der Waals surface area contributed by atoms with E-state index in [1.165, 1.54) is 16.8 Å². The van der Waals surface area contributed by atoms with E-state index in [0.29, 0.717) is 6.04 Å². The van der Waals surface area contributed by atoms with Gasteiger partial charge < -0.3 is 5.32 Å². The molecule has 0 fully saturated rings. The van der Waals surface area contributed by atoms with Gasteiger partial charge in [0.2, 0.25) is 0 Å². The molecular formula is C16H25N3S. The number of hydrogen-bond acceptors (Lipinski definition) is 3. The van der Waals surface area contributed by atoms with Crippen LogP contribution >= 0.6 is 11.3 Å². The first-order valence-corrected chi connectivity index (χ1v) is 8.08. The minimum absolute atomic E-state index is 0.0921. The highest BCUT2D eigenvalue weighted by molar-refractivity contribution is 7.07. The number of thiophene rings is 1. The van der Waals surface area contributed by atoms with E-state index >= 15 is 0 Å². The quantitative estimate of drug-likeness (QED) is 0.913. The van der Waals surface area contributed by atoms with Gasteiger partial charge >= 0.3 is 0 Å². The third-order valence-corrected chi connectivity index (χ3v) is 4.11. The first-order chi connectivity index (χ1) is 9.36. The van der Waals surface area contributed by atoms with Gasteiger partial charge in [0, 0.05) is 36.8 Å². The molecule has 4 heteroatoms. The lowest BCUT2D eigenvalue weighted by molar-refractivity contribution is 0.521. The molecule has 110 valence electrons. The zero-order valence-corrected chi connectivity index (χ0v) is 13.9. The minimum Gasteiger partial charge on any atom is -0.310 e. The second-order valence-corrected chi connectivity index (χ2v) is 7.32. The number of rotatable bonds is 5. The highest BCUT2D eigenvalue weighted by atomic mass is 32.1. The molecule has 0 amide bonds. The first kappa shape index (κ1) is 15.3. The van der Waals surface area contributed by atoms with Crippen LogP contribution in [0.2, 0.25) is 0 Å². The third-order valence-electron chi connectivity index (χ3n) is 3.38. The Labute approximate surface area is 126 Å². The zero-order valence-electron chi connectivity index (χ0n) is 13.1. The average molecular weight is 291 g/mol. The van der Waals surface area contributed by atoms with Gasteiger partial charge in [-0.25, -0.2) is 0 Å². The van der Waals surface area contributed by atoms with Gasteiger partial charge in [-0.2, -0.15) is 16.4 Å². The van der Waals surface area contributed by atoms with E-state index < -0.39 is 0 Å². The standard InChI is InChI=1S/C16H25N3S/c1-12(8-13-6-7-20-11-13)17-9-14-10-19(5)18-15(14)16(2,3)4/h6-7,10-12,17H,8-9H2,1-5H3. The Morgan fingerprint density at radius 2 is 2.15 bits per heavy atom. The van der Waals surface area contributed by atoms with Gasteiger partial charge in [0.25, 0.3) is 0 Å². The second-order valence-electron chi connectivity index (χ2n) is 6.54. The van der Waals surface area contributed by atoms with Crippen LogP contribution in [0, 0.1) is 0 Å². The van der Waals surface area contributed by atoms with Gasteiger partial charge in [-0.05, 0) is 35.7 Å². The molecule has 0 spiro atoms. The summed E-state index contributed by atoms with van der Waals surface area (Å²) in [5, 5.41) is 12.6. The molecule has 2 aromatic heterocycles. The molecule has 20 heavy (non-hydrogen) atoms. The molecule has 0 bridgehead atoms. The molecular weight excluding hydrogens is 266 g/mol. The highest BCUT2D eigenvalue weighted by Gasteiger charge is 2.21. The number of aryl methyl sites for hydroxylation is 1. The maximum absolute atomic E-state index is 4.61. The summed E-state index contributed by atoms with van der Waals surface area (Å²) in [4.78, 5) is 0. The Kier molecular flexibility index (Phi) is 4.66. The molecule has 2 rings (SSSR count). The van der Waals surface area contributed by atoms with Crippen molar-refractivity contribution in [2.45, 2.75) is 52.1 Å². The van der Waals surface area contributed by atoms with Crippen molar-refractivity contribution in [3.8, 4) is 0 Å². The molecule has 0 aliphatic rings. The zero-order chi connectivity index (χ0) is 14.8. The number of hydrogen-bond donors (Lipinski definition) is 1. The van der Waals surface area contributed by atoms with Gasteiger partial charge in [-0.3, -0.25) is 4.68 Å². The molecule has 0 radical (unpaired) electrons. The van der Waals surface area contributed by atoms with E-state index in [1.54, 1.807) is 11.3 Å². The van der Waals surface area contributed by atoms with Crippen LogP contribution in [0.3, 0.4) is 0 Å². The molecule has 0 saturated heterocycles. The van der Waals surface area contributed by atoms with Crippen LogP contribution in [0.1, 0.15) is 44.5 Å². The maximum atomic E-state index is 4.61. The number of aromatic nitrogens is 2. The van der Waals surface area contributed by atoms with Crippen LogP contribution in [0.5, 0.6) is 0 Å². The number of nitrogens with zero attached hydrogens (tertiary/aromatic N) is 2. The van der Waals surface area contributed by atoms with Gasteiger partial charge in [0.05, 0.1) is 5.69 Å². The molecule has 0 aliphatic heterocycles. The van der Waals surface area contributed by atoms with Gasteiger partial charge in [-0.15, -0.1) is 0 Å². The summed E-state index contributed by atoms with van der Waals surface area (Å²) in [6.45, 7) is 9.77. The molecule has 1 unspecified atom stereocenters. The number of nitrogens with one attached hydrogen (secondary N) is 1. The van der Waals surface area contributed by atoms with E-state index in [2.05, 4.69) is 61.1 Å². The van der Waals surface area contributed by atoms with Gasteiger partial charge in [-0.1, -0.05) is 20.8 Å². The molecule has 0 saturated carbocycles. The minimum atomic E-state index is 0.0921. The molecule has 0 aromatic carbocycles. The summed E-state index contributed by atoms with van der Waals surface area (Å²) >= 11 is 1.76. The van der Waals surface area contributed by atoms with Crippen molar-refractivity contribution in [1.29, 1.82) is 0 Å². The highest BCUT2D eigenvalue weighted by Crippen LogP contribution is 2.24. The SMILES string of the molecule is CC(Cc1ccsc1)NCc1cn(C)nc1C(C)(C)C. The maximum Gasteiger partial charge on any atom is 0.0722 e. The van der Waals surface area contributed by atoms with Crippen molar-refractivity contribution in [2.75, 3.05) is 0 Å². The predicted molar refractivity (Wildman–Crippen MR) is 86.2 cm³/mol. The Balaban J connectivity index is 1.97. The van der Waals surface area contributed by atoms with E-state index in [1.807, 2.05) is 11.7 Å². The van der Waals surface area contributed by atoms with E-state index in [0.717, 1.165) is 13.0 Å². The van der Waals surface area contributed by atoms with Crippen LogP contribution in [0.4, 0.5) is 0 Å². The molecule has 1 N–H and O–H groups in total. The lowest BCUT2D eigenvalue weighted by Gasteiger charge is -2.19. The van der Waals surface area contributed by atoms with Gasteiger partial charge in [0.1, 0.15) is 0 Å². The second kappa shape index (κ2) is 6.10. The Hall–Kier alpha value is -1.13. The lowest BCUT2D eigenvalue weighted by atomic mass is 9.89. The Morgan fingerprint density at radius 3 is 2.75 bits per heavy atom. The summed E-state index contributed by atoms with van der Waals surface area (Å²) in [6, 6.07) is 2.67. The fraction of sp³-hybridized carbons (Fsp3) is 0.562. The van der Waals surface area contributed by atoms with Crippen molar-refractivity contribution in [1.82, 2.24) is 15.1 Å². The van der Waals surface area contributed by atoms with Crippen LogP contribution in [-0.2, 0) is 25.4 Å². The van der Waals surface area contributed by atoms with Crippen molar-refractivity contribution >= 4 is 11.3 Å². The normalized spacial score (nSPS) is 13.7. The van der Waals surface area contributed by atoms with Crippen molar-refractivity contribution in [2.24, 2.45) is 7.05 Å². The third kappa shape index (κ3) is 3.93. The summed E-state index contributed by atoms with van der Waals surface area (Å²) in [6.07, 6.45) is 3.21. The largest absolute Gasteiger partial charge is 0.310 e. The van der Waals surface area contributed by atoms with Crippen LogP contribution < -0.4 is 5.32 Å². The topological polar surface area (TPSA) is 29.9 Å². The summed E-state index contributed by atoms with van der Waals surface area (Å²) in [5.41, 5.74) is 4.00. The average Bonchev–Trinajstić information content (AvgIpc) is 2.95. The smallest absolute Gasteiger partial charge is 0.0722 e.